The Hall–Kier alpha value is -3.36. The van der Waals surface area contributed by atoms with Gasteiger partial charge in [-0.25, -0.2) is 0 Å². The van der Waals surface area contributed by atoms with Crippen LogP contribution in [0, 0.1) is 0 Å². The molecule has 2 aromatic rings. The molecule has 2 aromatic carbocycles. The van der Waals surface area contributed by atoms with Crippen LogP contribution < -0.4 is 19.5 Å². The zero-order chi connectivity index (χ0) is 24.8. The number of hydrogen-bond donors (Lipinski definition) is 1. The van der Waals surface area contributed by atoms with Gasteiger partial charge in [-0.1, -0.05) is 24.3 Å². The quantitative estimate of drug-likeness (QED) is 0.582. The van der Waals surface area contributed by atoms with E-state index in [9.17, 15) is 9.59 Å². The second-order valence-corrected chi connectivity index (χ2v) is 8.70. The van der Waals surface area contributed by atoms with E-state index in [1.54, 1.807) is 45.6 Å². The van der Waals surface area contributed by atoms with Crippen molar-refractivity contribution in [2.24, 2.45) is 0 Å². The van der Waals surface area contributed by atoms with Crippen molar-refractivity contribution in [1.29, 1.82) is 0 Å². The van der Waals surface area contributed by atoms with E-state index in [0.717, 1.165) is 24.1 Å². The van der Waals surface area contributed by atoms with E-state index >= 15 is 0 Å². The van der Waals surface area contributed by atoms with Gasteiger partial charge in [-0.2, -0.15) is 0 Å². The molecule has 0 radical (unpaired) electrons. The molecule has 0 spiro atoms. The van der Waals surface area contributed by atoms with Crippen molar-refractivity contribution in [2.45, 2.75) is 12.5 Å². The summed E-state index contributed by atoms with van der Waals surface area (Å²) in [5.41, 5.74) is 3.12. The summed E-state index contributed by atoms with van der Waals surface area (Å²) in [5, 5.41) is 3.37. The Morgan fingerprint density at radius 3 is 2.34 bits per heavy atom. The molecule has 0 saturated carbocycles. The van der Waals surface area contributed by atoms with E-state index in [1.807, 2.05) is 23.1 Å². The number of benzene rings is 2. The number of hydrogen-bond acceptors (Lipinski definition) is 7. The number of amides is 1. The number of Topliss-reactive ketones (excluding diaryl/α,β-unsaturated/α-hetero) is 1. The molecule has 1 amide bonds. The van der Waals surface area contributed by atoms with Crippen LogP contribution in [0.3, 0.4) is 0 Å². The van der Waals surface area contributed by atoms with Crippen molar-refractivity contribution >= 4 is 17.8 Å². The first-order valence-electron chi connectivity index (χ1n) is 11.9. The third kappa shape index (κ3) is 5.66. The summed E-state index contributed by atoms with van der Waals surface area (Å²) < 4.78 is 16.1. The number of methoxy groups -OCH3 is 3. The van der Waals surface area contributed by atoms with Gasteiger partial charge in [0.15, 0.2) is 17.3 Å². The normalized spacial score (nSPS) is 18.3. The molecule has 0 aromatic heterocycles. The lowest BCUT2D eigenvalue weighted by Crippen LogP contribution is -2.50. The van der Waals surface area contributed by atoms with Gasteiger partial charge in [-0.15, -0.1) is 0 Å². The van der Waals surface area contributed by atoms with Crippen molar-refractivity contribution < 1.29 is 23.8 Å². The molecular formula is C27H33N3O5. The first-order valence-corrected chi connectivity index (χ1v) is 11.9. The molecule has 0 bridgehead atoms. The highest BCUT2D eigenvalue weighted by atomic mass is 16.5. The SMILES string of the molecule is COc1cc(C=CC(=O)N2CCN(CC(=O)C3NCCc4ccccc43)CC2)cc(OC)c1OC. The number of nitrogens with one attached hydrogen (secondary N) is 1. The van der Waals surface area contributed by atoms with Crippen LogP contribution in [0.25, 0.3) is 6.08 Å². The molecule has 1 saturated heterocycles. The summed E-state index contributed by atoms with van der Waals surface area (Å²) >= 11 is 0. The van der Waals surface area contributed by atoms with Crippen LogP contribution in [0.4, 0.5) is 0 Å². The molecule has 1 unspecified atom stereocenters. The van der Waals surface area contributed by atoms with E-state index in [4.69, 9.17) is 14.2 Å². The Morgan fingerprint density at radius 2 is 1.69 bits per heavy atom. The first-order chi connectivity index (χ1) is 17.0. The third-order valence-electron chi connectivity index (χ3n) is 6.60. The number of ketones is 1. The fraction of sp³-hybridized carbons (Fsp3) is 0.407. The first kappa shape index (κ1) is 24.8. The number of rotatable bonds is 8. The van der Waals surface area contributed by atoms with Crippen LogP contribution in [-0.4, -0.2) is 82.1 Å². The smallest absolute Gasteiger partial charge is 0.246 e. The summed E-state index contributed by atoms with van der Waals surface area (Å²) in [6.07, 6.45) is 4.25. The molecule has 2 heterocycles. The Bertz CT molecular complexity index is 1070. The second kappa shape index (κ2) is 11.4. The molecule has 8 nitrogen and oxygen atoms in total. The highest BCUT2D eigenvalue weighted by molar-refractivity contribution is 5.92. The fourth-order valence-corrected chi connectivity index (χ4v) is 4.70. The summed E-state index contributed by atoms with van der Waals surface area (Å²) in [6, 6.07) is 11.5. The van der Waals surface area contributed by atoms with Gasteiger partial charge in [-0.3, -0.25) is 14.5 Å². The van der Waals surface area contributed by atoms with Crippen molar-refractivity contribution in [1.82, 2.24) is 15.1 Å². The monoisotopic (exact) mass is 479 g/mol. The highest BCUT2D eigenvalue weighted by Gasteiger charge is 2.28. The Labute approximate surface area is 206 Å². The molecule has 2 aliphatic heterocycles. The van der Waals surface area contributed by atoms with Crippen LogP contribution in [0.15, 0.2) is 42.5 Å². The Morgan fingerprint density at radius 1 is 1.00 bits per heavy atom. The van der Waals surface area contributed by atoms with Gasteiger partial charge in [-0.05, 0) is 41.3 Å². The van der Waals surface area contributed by atoms with E-state index in [2.05, 4.69) is 16.3 Å². The van der Waals surface area contributed by atoms with Crippen LogP contribution >= 0.6 is 0 Å². The van der Waals surface area contributed by atoms with Crippen molar-refractivity contribution in [3.8, 4) is 17.2 Å². The van der Waals surface area contributed by atoms with Crippen LogP contribution in [0.2, 0.25) is 0 Å². The highest BCUT2D eigenvalue weighted by Crippen LogP contribution is 2.38. The molecule has 1 N–H and O–H groups in total. The average molecular weight is 480 g/mol. The molecule has 0 aliphatic carbocycles. The molecular weight excluding hydrogens is 446 g/mol. The Kier molecular flexibility index (Phi) is 8.05. The van der Waals surface area contributed by atoms with Crippen LogP contribution in [0.1, 0.15) is 22.7 Å². The number of piperazine rings is 1. The standard InChI is InChI=1S/C27H33N3O5/c1-33-23-16-19(17-24(34-2)27(23)35-3)8-9-25(32)30-14-12-29(13-15-30)18-22(31)26-21-7-5-4-6-20(21)10-11-28-26/h4-9,16-17,26,28H,10-15,18H2,1-3H3. The zero-order valence-corrected chi connectivity index (χ0v) is 20.6. The molecule has 1 atom stereocenters. The van der Waals surface area contributed by atoms with E-state index in [0.29, 0.717) is 50.0 Å². The number of carbonyl (C=O) groups is 2. The molecule has 4 rings (SSSR count). The van der Waals surface area contributed by atoms with Crippen LogP contribution in [-0.2, 0) is 16.0 Å². The minimum absolute atomic E-state index is 0.0624. The molecule has 8 heteroatoms. The fourth-order valence-electron chi connectivity index (χ4n) is 4.70. The maximum atomic E-state index is 13.0. The van der Waals surface area contributed by atoms with Gasteiger partial charge in [0.2, 0.25) is 11.7 Å². The Balaban J connectivity index is 1.32. The van der Waals surface area contributed by atoms with E-state index < -0.39 is 0 Å². The topological polar surface area (TPSA) is 80.3 Å². The summed E-state index contributed by atoms with van der Waals surface area (Å²) in [7, 11) is 4.67. The van der Waals surface area contributed by atoms with Gasteiger partial charge in [0.05, 0.1) is 33.9 Å². The number of nitrogens with zero attached hydrogens (tertiary/aromatic N) is 2. The predicted molar refractivity (Wildman–Crippen MR) is 134 cm³/mol. The van der Waals surface area contributed by atoms with Crippen molar-refractivity contribution in [3.63, 3.8) is 0 Å². The molecule has 1 fully saturated rings. The van der Waals surface area contributed by atoms with Gasteiger partial charge < -0.3 is 24.4 Å². The predicted octanol–water partition coefficient (Wildman–Crippen LogP) is 2.33. The number of ether oxygens (including phenoxy) is 3. The summed E-state index contributed by atoms with van der Waals surface area (Å²) in [4.78, 5) is 29.7. The minimum atomic E-state index is -0.249. The van der Waals surface area contributed by atoms with E-state index in [-0.39, 0.29) is 17.7 Å². The second-order valence-electron chi connectivity index (χ2n) is 8.70. The largest absolute Gasteiger partial charge is 0.493 e. The number of carbonyl (C=O) groups excluding carboxylic acids is 2. The van der Waals surface area contributed by atoms with Gasteiger partial charge in [0.25, 0.3) is 0 Å². The average Bonchev–Trinajstić information content (AvgIpc) is 2.91. The molecule has 35 heavy (non-hydrogen) atoms. The third-order valence-corrected chi connectivity index (χ3v) is 6.60. The lowest BCUT2D eigenvalue weighted by Gasteiger charge is -2.35. The van der Waals surface area contributed by atoms with Gasteiger partial charge in [0, 0.05) is 38.8 Å². The van der Waals surface area contributed by atoms with E-state index in [1.165, 1.54) is 5.56 Å². The summed E-state index contributed by atoms with van der Waals surface area (Å²) in [5.74, 6) is 1.70. The van der Waals surface area contributed by atoms with Crippen molar-refractivity contribution in [3.05, 3.63) is 59.2 Å². The van der Waals surface area contributed by atoms with Crippen molar-refractivity contribution in [2.75, 3.05) is 60.6 Å². The van der Waals surface area contributed by atoms with Gasteiger partial charge >= 0.3 is 0 Å². The maximum absolute atomic E-state index is 13.0. The summed E-state index contributed by atoms with van der Waals surface area (Å²) in [6.45, 7) is 3.71. The van der Waals surface area contributed by atoms with Gasteiger partial charge in [0.1, 0.15) is 0 Å². The molecule has 186 valence electrons. The number of fused-ring (bicyclic) bond motifs is 1. The lowest BCUT2D eigenvalue weighted by molar-refractivity contribution is -0.128. The molecule has 2 aliphatic rings. The lowest BCUT2D eigenvalue weighted by atomic mass is 9.92. The maximum Gasteiger partial charge on any atom is 0.246 e. The van der Waals surface area contributed by atoms with Crippen LogP contribution in [0.5, 0.6) is 17.2 Å². The zero-order valence-electron chi connectivity index (χ0n) is 20.6. The minimum Gasteiger partial charge on any atom is -0.493 e.